The van der Waals surface area contributed by atoms with Gasteiger partial charge in [-0.25, -0.2) is 0 Å². The first-order valence-electron chi connectivity index (χ1n) is 8.94. The Kier molecular flexibility index (Phi) is 5.26. The Morgan fingerprint density at radius 1 is 0.933 bits per heavy atom. The maximum Gasteiger partial charge on any atom is 0.450 e. The molecule has 4 rings (SSSR count). The average Bonchev–Trinajstić information content (AvgIpc) is 2.73. The number of ether oxygens (including phenoxy) is 1. The van der Waals surface area contributed by atoms with E-state index < -0.39 is 22.9 Å². The molecule has 0 aliphatic heterocycles. The molecule has 3 aromatic carbocycles. The zero-order valence-electron chi connectivity index (χ0n) is 15.4. The van der Waals surface area contributed by atoms with Gasteiger partial charge in [-0.3, -0.25) is 4.79 Å². The zero-order valence-corrected chi connectivity index (χ0v) is 16.1. The van der Waals surface area contributed by atoms with Crippen LogP contribution in [0.5, 0.6) is 5.75 Å². The Bertz CT molecular complexity index is 1260. The van der Waals surface area contributed by atoms with Crippen LogP contribution in [0.3, 0.4) is 0 Å². The lowest BCUT2D eigenvalue weighted by molar-refractivity contribution is -0.152. The topological polar surface area (TPSA) is 39.4 Å². The fraction of sp³-hybridized carbons (Fsp3) is 0.0870. The molecule has 0 saturated carbocycles. The van der Waals surface area contributed by atoms with E-state index in [1.807, 2.05) is 30.3 Å². The highest BCUT2D eigenvalue weighted by atomic mass is 35.5. The summed E-state index contributed by atoms with van der Waals surface area (Å²) in [7, 11) is 0. The fourth-order valence-electron chi connectivity index (χ4n) is 3.11. The number of halogens is 4. The first-order chi connectivity index (χ1) is 14.3. The summed E-state index contributed by atoms with van der Waals surface area (Å²) < 4.78 is 52.0. The summed E-state index contributed by atoms with van der Waals surface area (Å²) in [6.07, 6.45) is -4.89. The molecule has 30 heavy (non-hydrogen) atoms. The van der Waals surface area contributed by atoms with Gasteiger partial charge in [-0.2, -0.15) is 13.2 Å². The smallest absolute Gasteiger partial charge is 0.450 e. The molecule has 1 heterocycles. The molecule has 1 aromatic heterocycles. The molecule has 0 aliphatic carbocycles. The third-order valence-electron chi connectivity index (χ3n) is 4.51. The second kappa shape index (κ2) is 7.88. The molecule has 0 fully saturated rings. The van der Waals surface area contributed by atoms with Crippen molar-refractivity contribution in [2.75, 3.05) is 0 Å². The van der Waals surface area contributed by atoms with E-state index >= 15 is 0 Å². The van der Waals surface area contributed by atoms with E-state index in [1.54, 1.807) is 6.07 Å². The zero-order chi connectivity index (χ0) is 21.3. The molecule has 3 nitrogen and oxygen atoms in total. The highest BCUT2D eigenvalue weighted by Gasteiger charge is 2.39. The van der Waals surface area contributed by atoms with Crippen LogP contribution < -0.4 is 10.2 Å². The third kappa shape index (κ3) is 3.91. The van der Waals surface area contributed by atoms with Crippen molar-refractivity contribution < 1.29 is 22.3 Å². The van der Waals surface area contributed by atoms with Crippen molar-refractivity contribution >= 4 is 22.6 Å². The van der Waals surface area contributed by atoms with Crippen molar-refractivity contribution in [3.8, 4) is 16.9 Å². The second-order valence-corrected chi connectivity index (χ2v) is 6.95. The molecule has 152 valence electrons. The maximum atomic E-state index is 13.7. The first-order valence-corrected chi connectivity index (χ1v) is 9.32. The largest absolute Gasteiger partial charge is 0.489 e. The Morgan fingerprint density at radius 2 is 1.63 bits per heavy atom. The van der Waals surface area contributed by atoms with Crippen LogP contribution in [0.15, 0.2) is 82.0 Å². The van der Waals surface area contributed by atoms with Gasteiger partial charge in [-0.1, -0.05) is 60.1 Å². The van der Waals surface area contributed by atoms with E-state index in [4.69, 9.17) is 20.8 Å². The molecular weight excluding hydrogens is 417 g/mol. The summed E-state index contributed by atoms with van der Waals surface area (Å²) >= 11 is 6.06. The van der Waals surface area contributed by atoms with Gasteiger partial charge in [0.15, 0.2) is 0 Å². The molecule has 0 bridgehead atoms. The van der Waals surface area contributed by atoms with E-state index in [0.717, 1.165) is 5.56 Å². The van der Waals surface area contributed by atoms with Crippen molar-refractivity contribution in [2.24, 2.45) is 0 Å². The molecule has 0 radical (unpaired) electrons. The maximum absolute atomic E-state index is 13.7. The minimum Gasteiger partial charge on any atom is -0.489 e. The predicted octanol–water partition coefficient (Wildman–Crippen LogP) is 6.71. The van der Waals surface area contributed by atoms with Gasteiger partial charge in [0.1, 0.15) is 17.9 Å². The molecule has 0 N–H and O–H groups in total. The van der Waals surface area contributed by atoms with Crippen molar-refractivity contribution in [2.45, 2.75) is 12.8 Å². The number of fused-ring (bicyclic) bond motifs is 1. The van der Waals surface area contributed by atoms with E-state index in [9.17, 15) is 18.0 Å². The highest BCUT2D eigenvalue weighted by Crippen LogP contribution is 2.39. The van der Waals surface area contributed by atoms with E-state index in [0.29, 0.717) is 0 Å². The van der Waals surface area contributed by atoms with Crippen molar-refractivity contribution in [1.29, 1.82) is 0 Å². The lowest BCUT2D eigenvalue weighted by atomic mass is 10.0. The van der Waals surface area contributed by atoms with Gasteiger partial charge in [-0.05, 0) is 23.8 Å². The van der Waals surface area contributed by atoms with Crippen molar-refractivity contribution in [3.63, 3.8) is 0 Å². The molecule has 0 amide bonds. The van der Waals surface area contributed by atoms with Gasteiger partial charge in [0.25, 0.3) is 0 Å². The summed E-state index contributed by atoms with van der Waals surface area (Å²) in [5, 5.41) is 0.0300. The third-order valence-corrected chi connectivity index (χ3v) is 4.84. The van der Waals surface area contributed by atoms with Crippen LogP contribution in [0, 0.1) is 0 Å². The summed E-state index contributed by atoms with van der Waals surface area (Å²) in [6.45, 7) is 0.223. The highest BCUT2D eigenvalue weighted by molar-refractivity contribution is 6.33. The minimum absolute atomic E-state index is 0.00461. The summed E-state index contributed by atoms with van der Waals surface area (Å²) in [5.41, 5.74) is -0.783. The number of rotatable bonds is 4. The van der Waals surface area contributed by atoms with Crippen molar-refractivity contribution in [1.82, 2.24) is 0 Å². The Balaban J connectivity index is 1.83. The van der Waals surface area contributed by atoms with Crippen LogP contribution in [0.4, 0.5) is 13.2 Å². The number of benzene rings is 3. The van der Waals surface area contributed by atoms with Gasteiger partial charge in [0.2, 0.25) is 11.2 Å². The van der Waals surface area contributed by atoms with E-state index in [-0.39, 0.29) is 33.9 Å². The van der Waals surface area contributed by atoms with Crippen LogP contribution in [-0.2, 0) is 12.8 Å². The van der Waals surface area contributed by atoms with Gasteiger partial charge >= 0.3 is 6.18 Å². The summed E-state index contributed by atoms with van der Waals surface area (Å²) in [6, 6.07) is 19.3. The van der Waals surface area contributed by atoms with Gasteiger partial charge in [0, 0.05) is 16.7 Å². The average molecular weight is 431 g/mol. The molecule has 0 atom stereocenters. The minimum atomic E-state index is -4.89. The molecule has 0 unspecified atom stereocenters. The normalized spacial score (nSPS) is 11.6. The van der Waals surface area contributed by atoms with Crippen molar-refractivity contribution in [3.05, 3.63) is 99.4 Å². The molecule has 7 heteroatoms. The molecular formula is C23H14ClF3O3. The van der Waals surface area contributed by atoms with Crippen LogP contribution in [-0.4, -0.2) is 0 Å². The Hall–Kier alpha value is -3.25. The number of alkyl halides is 3. The molecule has 0 spiro atoms. The van der Waals surface area contributed by atoms with Crippen LogP contribution in [0.2, 0.25) is 5.02 Å². The van der Waals surface area contributed by atoms with Gasteiger partial charge < -0.3 is 9.15 Å². The summed E-state index contributed by atoms with van der Waals surface area (Å²) in [5.74, 6) is -1.11. The van der Waals surface area contributed by atoms with Crippen LogP contribution in [0.25, 0.3) is 22.1 Å². The van der Waals surface area contributed by atoms with E-state index in [2.05, 4.69) is 0 Å². The molecule has 0 aliphatic rings. The standard InChI is InChI=1S/C23H14ClF3O3/c24-18-9-5-4-8-16(18)20-21(28)17-11-10-15(29-13-14-6-2-1-3-7-14)12-19(17)30-22(20)23(25,26)27/h1-12H,13H2. The predicted molar refractivity (Wildman–Crippen MR) is 109 cm³/mol. The van der Waals surface area contributed by atoms with Gasteiger partial charge in [0.05, 0.1) is 10.9 Å². The Labute approximate surface area is 174 Å². The van der Waals surface area contributed by atoms with Gasteiger partial charge in [-0.15, -0.1) is 0 Å². The summed E-state index contributed by atoms with van der Waals surface area (Å²) in [4.78, 5) is 13.0. The second-order valence-electron chi connectivity index (χ2n) is 6.55. The Morgan fingerprint density at radius 3 is 2.33 bits per heavy atom. The SMILES string of the molecule is O=c1c(-c2ccccc2Cl)c(C(F)(F)F)oc2cc(OCc3ccccc3)ccc12. The van der Waals surface area contributed by atoms with Crippen LogP contribution in [0.1, 0.15) is 11.3 Å². The molecule has 4 aromatic rings. The quantitative estimate of drug-likeness (QED) is 0.361. The lowest BCUT2D eigenvalue weighted by Crippen LogP contribution is -2.16. The first kappa shape index (κ1) is 20.0. The molecule has 0 saturated heterocycles. The van der Waals surface area contributed by atoms with E-state index in [1.165, 1.54) is 36.4 Å². The monoisotopic (exact) mass is 430 g/mol. The van der Waals surface area contributed by atoms with Crippen LogP contribution >= 0.6 is 11.6 Å². The number of hydrogen-bond donors (Lipinski definition) is 0. The lowest BCUT2D eigenvalue weighted by Gasteiger charge is -2.14. The number of hydrogen-bond acceptors (Lipinski definition) is 3. The fourth-order valence-corrected chi connectivity index (χ4v) is 3.34.